The first kappa shape index (κ1) is 16.8. The lowest BCUT2D eigenvalue weighted by Gasteiger charge is -2.35. The highest BCUT2D eigenvalue weighted by Gasteiger charge is 2.43. The summed E-state index contributed by atoms with van der Waals surface area (Å²) >= 11 is 1.65. The first-order chi connectivity index (χ1) is 10.9. The summed E-state index contributed by atoms with van der Waals surface area (Å²) in [4.78, 5) is 17.2. The molecule has 3 rings (SSSR count). The molecule has 1 saturated heterocycles. The second-order valence-corrected chi connectivity index (χ2v) is 7.47. The van der Waals surface area contributed by atoms with E-state index in [-0.39, 0.29) is 25.4 Å². The zero-order valence-electron chi connectivity index (χ0n) is 12.9. The summed E-state index contributed by atoms with van der Waals surface area (Å²) in [7, 11) is 0. The molecule has 0 radical (unpaired) electrons. The molecule has 23 heavy (non-hydrogen) atoms. The van der Waals surface area contributed by atoms with Crippen molar-refractivity contribution in [1.82, 2.24) is 9.80 Å². The molecule has 1 amide bonds. The molecule has 1 aromatic heterocycles. The van der Waals surface area contributed by atoms with Gasteiger partial charge in [-0.1, -0.05) is 6.07 Å². The van der Waals surface area contributed by atoms with Crippen molar-refractivity contribution in [2.24, 2.45) is 5.92 Å². The second kappa shape index (κ2) is 6.81. The molecule has 3 nitrogen and oxygen atoms in total. The van der Waals surface area contributed by atoms with E-state index < -0.39 is 12.1 Å². The number of rotatable bonds is 5. The molecule has 1 saturated carbocycles. The lowest BCUT2D eigenvalue weighted by Crippen LogP contribution is -2.48. The van der Waals surface area contributed by atoms with Gasteiger partial charge < -0.3 is 4.90 Å². The minimum absolute atomic E-state index is 0.134. The SMILES string of the molecule is O=C(CN(Cc1cccs1)C1CC1)N1CCCC(C(F)(F)F)C1. The maximum Gasteiger partial charge on any atom is 0.393 e. The van der Waals surface area contributed by atoms with Crippen molar-refractivity contribution in [3.63, 3.8) is 0 Å². The van der Waals surface area contributed by atoms with Crippen LogP contribution in [0.3, 0.4) is 0 Å². The Labute approximate surface area is 138 Å². The Balaban J connectivity index is 1.58. The smallest absolute Gasteiger partial charge is 0.341 e. The molecule has 2 fully saturated rings. The summed E-state index contributed by atoms with van der Waals surface area (Å²) in [5, 5.41) is 2.00. The quantitative estimate of drug-likeness (QED) is 0.814. The first-order valence-corrected chi connectivity index (χ1v) is 8.92. The number of halogens is 3. The van der Waals surface area contributed by atoms with Gasteiger partial charge in [-0.15, -0.1) is 11.3 Å². The van der Waals surface area contributed by atoms with Crippen LogP contribution in [-0.2, 0) is 11.3 Å². The van der Waals surface area contributed by atoms with Crippen LogP contribution in [0.1, 0.15) is 30.6 Å². The predicted molar refractivity (Wildman–Crippen MR) is 83.1 cm³/mol. The fourth-order valence-electron chi connectivity index (χ4n) is 3.10. The summed E-state index contributed by atoms with van der Waals surface area (Å²) in [5.74, 6) is -1.53. The van der Waals surface area contributed by atoms with E-state index in [1.807, 2.05) is 17.5 Å². The fourth-order valence-corrected chi connectivity index (χ4v) is 3.83. The van der Waals surface area contributed by atoms with Crippen LogP contribution < -0.4 is 0 Å². The van der Waals surface area contributed by atoms with Gasteiger partial charge in [-0.3, -0.25) is 9.69 Å². The van der Waals surface area contributed by atoms with E-state index in [4.69, 9.17) is 0 Å². The Morgan fingerprint density at radius 3 is 2.74 bits per heavy atom. The van der Waals surface area contributed by atoms with Crippen molar-refractivity contribution in [3.05, 3.63) is 22.4 Å². The molecule has 7 heteroatoms. The number of amides is 1. The van der Waals surface area contributed by atoms with Crippen LogP contribution in [0.2, 0.25) is 0 Å². The largest absolute Gasteiger partial charge is 0.393 e. The van der Waals surface area contributed by atoms with E-state index in [2.05, 4.69) is 4.90 Å². The average Bonchev–Trinajstić information content (AvgIpc) is 3.24. The van der Waals surface area contributed by atoms with Crippen LogP contribution in [0, 0.1) is 5.92 Å². The molecule has 0 N–H and O–H groups in total. The molecule has 0 spiro atoms. The Morgan fingerprint density at radius 1 is 1.35 bits per heavy atom. The summed E-state index contributed by atoms with van der Waals surface area (Å²) in [6.07, 6.45) is -1.49. The zero-order valence-corrected chi connectivity index (χ0v) is 13.7. The van der Waals surface area contributed by atoms with Crippen LogP contribution in [0.15, 0.2) is 17.5 Å². The van der Waals surface area contributed by atoms with E-state index in [0.717, 1.165) is 12.8 Å². The van der Waals surface area contributed by atoms with Gasteiger partial charge in [-0.25, -0.2) is 0 Å². The fraction of sp³-hybridized carbons (Fsp3) is 0.688. The predicted octanol–water partition coefficient (Wildman–Crippen LogP) is 3.51. The number of nitrogens with zero attached hydrogens (tertiary/aromatic N) is 2. The summed E-state index contributed by atoms with van der Waals surface area (Å²) < 4.78 is 38.7. The second-order valence-electron chi connectivity index (χ2n) is 6.44. The number of carbonyl (C=O) groups excluding carboxylic acids is 1. The molecule has 0 bridgehead atoms. The summed E-state index contributed by atoms with van der Waals surface area (Å²) in [6.45, 7) is 1.21. The normalized spacial score (nSPS) is 22.6. The van der Waals surface area contributed by atoms with E-state index in [9.17, 15) is 18.0 Å². The number of hydrogen-bond acceptors (Lipinski definition) is 3. The van der Waals surface area contributed by atoms with Crippen molar-refractivity contribution < 1.29 is 18.0 Å². The Kier molecular flexibility index (Phi) is 4.96. The molecule has 0 aromatic carbocycles. The Morgan fingerprint density at radius 2 is 2.13 bits per heavy atom. The van der Waals surface area contributed by atoms with Crippen molar-refractivity contribution in [1.29, 1.82) is 0 Å². The topological polar surface area (TPSA) is 23.6 Å². The van der Waals surface area contributed by atoms with Gasteiger partial charge in [0.05, 0.1) is 12.5 Å². The number of carbonyl (C=O) groups is 1. The minimum Gasteiger partial charge on any atom is -0.341 e. The van der Waals surface area contributed by atoms with E-state index >= 15 is 0 Å². The first-order valence-electron chi connectivity index (χ1n) is 8.04. The maximum atomic E-state index is 12.9. The number of hydrogen-bond donors (Lipinski definition) is 0. The zero-order chi connectivity index (χ0) is 16.4. The highest BCUT2D eigenvalue weighted by molar-refractivity contribution is 7.09. The third-order valence-electron chi connectivity index (χ3n) is 4.58. The van der Waals surface area contributed by atoms with Crippen LogP contribution in [0.4, 0.5) is 13.2 Å². The van der Waals surface area contributed by atoms with Gasteiger partial charge in [0.25, 0.3) is 0 Å². The van der Waals surface area contributed by atoms with Gasteiger partial charge in [0.15, 0.2) is 0 Å². The maximum absolute atomic E-state index is 12.9. The third-order valence-corrected chi connectivity index (χ3v) is 5.44. The molecule has 1 aliphatic heterocycles. The minimum atomic E-state index is -4.20. The number of likely N-dealkylation sites (tertiary alicyclic amines) is 1. The van der Waals surface area contributed by atoms with Crippen molar-refractivity contribution in [3.8, 4) is 0 Å². The van der Waals surface area contributed by atoms with Gasteiger partial charge in [0, 0.05) is 30.6 Å². The van der Waals surface area contributed by atoms with E-state index in [0.29, 0.717) is 25.6 Å². The summed E-state index contributed by atoms with van der Waals surface area (Å²) in [5.41, 5.74) is 0. The molecular formula is C16H21F3N2OS. The number of alkyl halides is 3. The van der Waals surface area contributed by atoms with Gasteiger partial charge in [-0.2, -0.15) is 13.2 Å². The lowest BCUT2D eigenvalue weighted by atomic mass is 9.97. The number of piperidine rings is 1. The third kappa shape index (κ3) is 4.47. The van der Waals surface area contributed by atoms with E-state index in [1.165, 1.54) is 9.78 Å². The standard InChI is InChI=1S/C16H21F3N2OS/c17-16(18,19)12-3-1-7-20(9-12)15(22)11-21(13-5-6-13)10-14-4-2-8-23-14/h2,4,8,12-13H,1,3,5-7,9-11H2. The monoisotopic (exact) mass is 346 g/mol. The average molecular weight is 346 g/mol. The van der Waals surface area contributed by atoms with Gasteiger partial charge >= 0.3 is 6.18 Å². The molecular weight excluding hydrogens is 325 g/mol. The van der Waals surface area contributed by atoms with Crippen LogP contribution >= 0.6 is 11.3 Å². The molecule has 1 unspecified atom stereocenters. The molecule has 128 valence electrons. The van der Waals surface area contributed by atoms with Crippen molar-refractivity contribution in [2.45, 2.75) is 44.4 Å². The van der Waals surface area contributed by atoms with Gasteiger partial charge in [0.1, 0.15) is 0 Å². The molecule has 1 atom stereocenters. The molecule has 2 aliphatic rings. The Bertz CT molecular complexity index is 528. The van der Waals surface area contributed by atoms with Crippen LogP contribution in [-0.4, -0.2) is 47.6 Å². The van der Waals surface area contributed by atoms with Gasteiger partial charge in [-0.05, 0) is 37.1 Å². The molecule has 2 heterocycles. The summed E-state index contributed by atoms with van der Waals surface area (Å²) in [6, 6.07) is 4.42. The van der Waals surface area contributed by atoms with Gasteiger partial charge in [0.2, 0.25) is 5.91 Å². The Hall–Kier alpha value is -1.08. The number of thiophene rings is 1. The lowest BCUT2D eigenvalue weighted by molar-refractivity contribution is -0.188. The molecule has 1 aromatic rings. The van der Waals surface area contributed by atoms with Crippen molar-refractivity contribution in [2.75, 3.05) is 19.6 Å². The highest BCUT2D eigenvalue weighted by atomic mass is 32.1. The van der Waals surface area contributed by atoms with Crippen LogP contribution in [0.25, 0.3) is 0 Å². The van der Waals surface area contributed by atoms with E-state index in [1.54, 1.807) is 11.3 Å². The van der Waals surface area contributed by atoms with Crippen molar-refractivity contribution >= 4 is 17.2 Å². The highest BCUT2D eigenvalue weighted by Crippen LogP contribution is 2.34. The van der Waals surface area contributed by atoms with Crippen LogP contribution in [0.5, 0.6) is 0 Å². The molecule has 1 aliphatic carbocycles.